The first-order valence-corrected chi connectivity index (χ1v) is 12.2. The van der Waals surface area contributed by atoms with E-state index in [-0.39, 0.29) is 58.4 Å². The van der Waals surface area contributed by atoms with Gasteiger partial charge in [-0.15, -0.1) is 0 Å². The van der Waals surface area contributed by atoms with Crippen molar-refractivity contribution in [3.05, 3.63) is 59.1 Å². The van der Waals surface area contributed by atoms with Crippen LogP contribution in [0.1, 0.15) is 16.4 Å². The number of amides is 1. The Morgan fingerprint density at radius 1 is 1.11 bits per heavy atom. The van der Waals surface area contributed by atoms with Crippen molar-refractivity contribution >= 4 is 31.0 Å². The molecule has 1 amide bonds. The van der Waals surface area contributed by atoms with Gasteiger partial charge in [0, 0.05) is 49.4 Å². The van der Waals surface area contributed by atoms with Gasteiger partial charge in [-0.3, -0.25) is 4.79 Å². The van der Waals surface area contributed by atoms with E-state index < -0.39 is 7.82 Å². The van der Waals surface area contributed by atoms with Crippen LogP contribution >= 0.6 is 19.4 Å². The molecule has 180 valence electrons. The summed E-state index contributed by atoms with van der Waals surface area (Å²) in [4.78, 5) is 43.4. The number of halogens is 1. The van der Waals surface area contributed by atoms with Crippen LogP contribution < -0.4 is 53.5 Å². The molecule has 0 N–H and O–H groups in total. The summed E-state index contributed by atoms with van der Waals surface area (Å²) in [6.07, 6.45) is 0. The topological polar surface area (TPSA) is 131 Å². The summed E-state index contributed by atoms with van der Waals surface area (Å²) < 4.78 is 26.2. The first-order chi connectivity index (χ1) is 16.1. The van der Waals surface area contributed by atoms with E-state index >= 15 is 0 Å². The average Bonchev–Trinajstić information content (AvgIpc) is 3.19. The molecule has 1 aliphatic heterocycles. The van der Waals surface area contributed by atoms with Crippen LogP contribution in [0.4, 0.5) is 5.69 Å². The van der Waals surface area contributed by atoms with Crippen molar-refractivity contribution in [3.63, 3.8) is 0 Å². The minimum atomic E-state index is -5.27. The second-order valence-corrected chi connectivity index (χ2v) is 9.09. The molecule has 10 nitrogen and oxygen atoms in total. The number of ether oxygens (including phenoxy) is 1. The number of oxazole rings is 1. The molecule has 1 aromatic heterocycles. The summed E-state index contributed by atoms with van der Waals surface area (Å²) >= 11 is 6.09. The number of phosphoric acid groups is 1. The zero-order valence-electron chi connectivity index (χ0n) is 19.4. The summed E-state index contributed by atoms with van der Waals surface area (Å²) in [5.74, 6) is -0.228. The van der Waals surface area contributed by atoms with Gasteiger partial charge >= 0.3 is 29.6 Å². The van der Waals surface area contributed by atoms with Crippen LogP contribution in [-0.4, -0.2) is 49.1 Å². The number of aromatic nitrogens is 1. The van der Waals surface area contributed by atoms with Gasteiger partial charge < -0.3 is 37.8 Å². The maximum atomic E-state index is 13.3. The van der Waals surface area contributed by atoms with Crippen molar-refractivity contribution in [2.24, 2.45) is 0 Å². The Morgan fingerprint density at radius 3 is 2.46 bits per heavy atom. The standard InChI is InChI=1S/C22H23ClN3O7P.Na/c1-14-24-20(15-6-7-18(19(12-15)31-2)33-34(28,29)30)21(32-14)22(27)26-10-8-25(9-11-26)17-5-3-4-16(23)13-17;/h3-7,12-13H,8-11H2,1-2H3,(H2,28,29,30);/q;+1/p-2. The van der Waals surface area contributed by atoms with Crippen LogP contribution in [0.5, 0.6) is 11.5 Å². The molecule has 0 aliphatic carbocycles. The number of nitrogens with zero attached hydrogens (tertiary/aromatic N) is 3. The minimum absolute atomic E-state index is 0. The predicted octanol–water partition coefficient (Wildman–Crippen LogP) is -0.514. The van der Waals surface area contributed by atoms with Gasteiger partial charge in [0.2, 0.25) is 5.76 Å². The number of carbonyl (C=O) groups is 1. The van der Waals surface area contributed by atoms with Crippen LogP contribution in [0, 0.1) is 6.92 Å². The number of piperazine rings is 1. The number of hydrogen-bond acceptors (Lipinski definition) is 9. The molecule has 0 unspecified atom stereocenters. The maximum Gasteiger partial charge on any atom is 1.00 e. The molecule has 2 aromatic carbocycles. The van der Waals surface area contributed by atoms with E-state index in [4.69, 9.17) is 20.8 Å². The van der Waals surface area contributed by atoms with Gasteiger partial charge in [-0.05, 0) is 36.4 Å². The fourth-order valence-corrected chi connectivity index (χ4v) is 4.34. The van der Waals surface area contributed by atoms with E-state index in [1.165, 1.54) is 25.3 Å². The molecule has 0 atom stereocenters. The van der Waals surface area contributed by atoms with Gasteiger partial charge in [0.05, 0.1) is 7.11 Å². The number of phosphoric ester groups is 1. The molecule has 1 fully saturated rings. The largest absolute Gasteiger partial charge is 1.00 e. The molecular weight excluding hydrogens is 508 g/mol. The smallest absolute Gasteiger partial charge is 0.780 e. The van der Waals surface area contributed by atoms with Crippen LogP contribution in [0.2, 0.25) is 5.02 Å². The number of rotatable bonds is 6. The van der Waals surface area contributed by atoms with Gasteiger partial charge in [-0.25, -0.2) is 4.98 Å². The van der Waals surface area contributed by atoms with E-state index in [9.17, 15) is 19.1 Å². The number of anilines is 1. The molecule has 0 spiro atoms. The molecule has 35 heavy (non-hydrogen) atoms. The number of hydrogen-bond donors (Lipinski definition) is 0. The number of benzene rings is 2. The van der Waals surface area contributed by atoms with Gasteiger partial charge in [0.15, 0.2) is 17.4 Å². The summed E-state index contributed by atoms with van der Waals surface area (Å²) in [6, 6.07) is 11.7. The summed E-state index contributed by atoms with van der Waals surface area (Å²) in [5, 5.41) is 0.651. The third-order valence-corrected chi connectivity index (χ3v) is 5.97. The quantitative estimate of drug-likeness (QED) is 0.306. The minimum Gasteiger partial charge on any atom is -0.780 e. The molecule has 4 rings (SSSR count). The molecule has 3 aromatic rings. The normalized spacial score (nSPS) is 13.9. The second-order valence-electron chi connectivity index (χ2n) is 7.57. The van der Waals surface area contributed by atoms with Crippen LogP contribution in [0.25, 0.3) is 11.3 Å². The van der Waals surface area contributed by atoms with E-state index in [1.54, 1.807) is 11.8 Å². The summed E-state index contributed by atoms with van der Waals surface area (Å²) in [7, 11) is -3.97. The van der Waals surface area contributed by atoms with Gasteiger partial charge in [-0.1, -0.05) is 17.7 Å². The van der Waals surface area contributed by atoms with Crippen molar-refractivity contribution in [1.29, 1.82) is 0 Å². The number of carbonyl (C=O) groups excluding carboxylic acids is 1. The van der Waals surface area contributed by atoms with Crippen molar-refractivity contribution in [2.45, 2.75) is 6.92 Å². The van der Waals surface area contributed by atoms with Crippen molar-refractivity contribution in [3.8, 4) is 22.8 Å². The monoisotopic (exact) mass is 528 g/mol. The molecule has 2 heterocycles. The Balaban J connectivity index is 0.00000342. The summed E-state index contributed by atoms with van der Waals surface area (Å²) in [5.41, 5.74) is 1.71. The Morgan fingerprint density at radius 2 is 1.83 bits per heavy atom. The van der Waals surface area contributed by atoms with Crippen molar-refractivity contribution < 1.29 is 62.4 Å². The SMILES string of the molecule is COc1cc(-c2nc(C)oc2C(=O)N2CCN(c3cccc(Cl)c3)CC2)ccc1OP(=O)([O-])[O-].[Na+]. The fraction of sp³-hybridized carbons (Fsp3) is 0.273. The second kappa shape index (κ2) is 11.3. The first kappa shape index (κ1) is 27.5. The Kier molecular flexibility index (Phi) is 8.93. The van der Waals surface area contributed by atoms with E-state index in [1.807, 2.05) is 24.3 Å². The number of aryl methyl sites for hydroxylation is 1. The van der Waals surface area contributed by atoms with Crippen LogP contribution in [0.3, 0.4) is 0 Å². The van der Waals surface area contributed by atoms with Gasteiger partial charge in [0.25, 0.3) is 5.91 Å². The third kappa shape index (κ3) is 6.59. The Hall–Kier alpha value is -2.04. The summed E-state index contributed by atoms with van der Waals surface area (Å²) in [6.45, 7) is 3.82. The van der Waals surface area contributed by atoms with Crippen molar-refractivity contribution in [1.82, 2.24) is 9.88 Å². The molecule has 1 saturated heterocycles. The van der Waals surface area contributed by atoms with Crippen molar-refractivity contribution in [2.75, 3.05) is 38.2 Å². The zero-order valence-corrected chi connectivity index (χ0v) is 23.0. The van der Waals surface area contributed by atoms with Crippen LogP contribution in [0.15, 0.2) is 46.9 Å². The molecule has 1 aliphatic rings. The van der Waals surface area contributed by atoms with E-state index in [0.717, 1.165) is 5.69 Å². The van der Waals surface area contributed by atoms with Gasteiger partial charge in [-0.2, -0.15) is 0 Å². The van der Waals surface area contributed by atoms with E-state index in [2.05, 4.69) is 14.4 Å². The Labute approximate surface area is 229 Å². The average molecular weight is 529 g/mol. The van der Waals surface area contributed by atoms with Crippen LogP contribution in [-0.2, 0) is 4.57 Å². The molecule has 13 heteroatoms. The maximum absolute atomic E-state index is 13.3. The fourth-order valence-electron chi connectivity index (χ4n) is 3.76. The predicted molar refractivity (Wildman–Crippen MR) is 121 cm³/mol. The molecule has 0 bridgehead atoms. The van der Waals surface area contributed by atoms with E-state index in [0.29, 0.717) is 42.7 Å². The first-order valence-electron chi connectivity index (χ1n) is 10.3. The zero-order chi connectivity index (χ0) is 24.5. The third-order valence-electron chi connectivity index (χ3n) is 5.32. The molecule has 0 radical (unpaired) electrons. The Bertz CT molecular complexity index is 1260. The molecule has 0 saturated carbocycles. The number of methoxy groups -OCH3 is 1. The van der Waals surface area contributed by atoms with Gasteiger partial charge in [0.1, 0.15) is 13.5 Å². The molecular formula is C22H21ClN3NaO7P-.